The van der Waals surface area contributed by atoms with Crippen LogP contribution in [0.2, 0.25) is 0 Å². The number of hydrogen-bond acceptors (Lipinski definition) is 10. The van der Waals surface area contributed by atoms with E-state index in [9.17, 15) is 43.5 Å². The highest BCUT2D eigenvalue weighted by atomic mass is 16.4. The van der Waals surface area contributed by atoms with Gasteiger partial charge in [-0.2, -0.15) is 0 Å². The maximum atomic E-state index is 14.2. The lowest BCUT2D eigenvalue weighted by molar-refractivity contribution is -0.138. The number of aliphatic carboxylic acids is 1. The van der Waals surface area contributed by atoms with E-state index in [4.69, 9.17) is 11.5 Å². The minimum Gasteiger partial charge on any atom is -0.481 e. The number of nitrogens with two attached hydrogens (primary N) is 2. The first-order valence-corrected chi connectivity index (χ1v) is 22.6. The average Bonchev–Trinajstić information content (AvgIpc) is 3.32. The SMILES string of the molecule is C[C@H](CC(=O)O)NC(=O)C(Cc1ccccc1)NC(=O)CNC(=O)C(Cc1ccccc1)NC(=O)[C@H](CCCCN)NC(=O)C(Cc1ccccc1)NC(=O)CNC(=O)C(N)Cc1ccccc1. The Morgan fingerprint density at radius 3 is 1.26 bits per heavy atom. The van der Waals surface area contributed by atoms with E-state index in [1.165, 1.54) is 6.92 Å². The zero-order chi connectivity index (χ0) is 49.3. The van der Waals surface area contributed by atoms with Gasteiger partial charge in [-0.25, -0.2) is 0 Å². The summed E-state index contributed by atoms with van der Waals surface area (Å²) in [5.74, 6) is -5.82. The van der Waals surface area contributed by atoms with Gasteiger partial charge in [0.05, 0.1) is 25.6 Å². The van der Waals surface area contributed by atoms with Crippen molar-refractivity contribution in [3.05, 3.63) is 144 Å². The molecule has 0 aliphatic rings. The van der Waals surface area contributed by atoms with Gasteiger partial charge in [-0.05, 0) is 61.4 Å². The van der Waals surface area contributed by atoms with Crippen LogP contribution < -0.4 is 48.7 Å². The van der Waals surface area contributed by atoms with Crippen LogP contribution in [-0.4, -0.2) is 108 Å². The van der Waals surface area contributed by atoms with Gasteiger partial charge in [0.1, 0.15) is 24.2 Å². The number of carbonyl (C=O) groups is 8. The molecule has 7 amide bonds. The van der Waals surface area contributed by atoms with Crippen LogP contribution in [0.5, 0.6) is 0 Å². The Bertz CT molecular complexity index is 2250. The molecule has 0 aromatic heterocycles. The van der Waals surface area contributed by atoms with E-state index in [0.717, 1.165) is 11.1 Å². The van der Waals surface area contributed by atoms with Crippen LogP contribution in [0.4, 0.5) is 0 Å². The van der Waals surface area contributed by atoms with Crippen molar-refractivity contribution in [2.24, 2.45) is 11.5 Å². The van der Waals surface area contributed by atoms with Gasteiger partial charge in [0, 0.05) is 25.3 Å². The van der Waals surface area contributed by atoms with Crippen LogP contribution in [0, 0.1) is 0 Å². The maximum absolute atomic E-state index is 14.2. The largest absolute Gasteiger partial charge is 0.481 e. The second-order valence-electron chi connectivity index (χ2n) is 16.5. The molecular formula is C50H63N9O9. The molecule has 0 radical (unpaired) electrons. The quantitative estimate of drug-likeness (QED) is 0.0351. The molecule has 18 nitrogen and oxygen atoms in total. The molecular weight excluding hydrogens is 871 g/mol. The minimum atomic E-state index is -1.25. The van der Waals surface area contributed by atoms with Crippen molar-refractivity contribution >= 4 is 47.3 Å². The van der Waals surface area contributed by atoms with E-state index in [1.807, 2.05) is 30.3 Å². The number of rotatable bonds is 28. The number of carbonyl (C=O) groups excluding carboxylic acids is 7. The van der Waals surface area contributed by atoms with E-state index in [1.54, 1.807) is 91.0 Å². The van der Waals surface area contributed by atoms with Crippen molar-refractivity contribution in [3.8, 4) is 0 Å². The number of hydrogen-bond donors (Lipinski definition) is 10. The number of carboxylic acids is 1. The molecule has 4 unspecified atom stereocenters. The van der Waals surface area contributed by atoms with Crippen molar-refractivity contribution in [3.63, 3.8) is 0 Å². The van der Waals surface area contributed by atoms with Gasteiger partial charge in [0.2, 0.25) is 41.4 Å². The molecule has 0 spiro atoms. The molecule has 0 fully saturated rings. The summed E-state index contributed by atoms with van der Waals surface area (Å²) in [6.45, 7) is 0.785. The summed E-state index contributed by atoms with van der Waals surface area (Å²) in [4.78, 5) is 106. The molecule has 4 aromatic carbocycles. The Morgan fingerprint density at radius 2 is 0.838 bits per heavy atom. The number of carboxylic acid groups (broad SMARTS) is 1. The van der Waals surface area contributed by atoms with Gasteiger partial charge in [0.25, 0.3) is 0 Å². The van der Waals surface area contributed by atoms with Crippen LogP contribution in [0.1, 0.15) is 54.9 Å². The summed E-state index contributed by atoms with van der Waals surface area (Å²) < 4.78 is 0. The summed E-state index contributed by atoms with van der Waals surface area (Å²) in [7, 11) is 0. The third-order valence-electron chi connectivity index (χ3n) is 10.7. The van der Waals surface area contributed by atoms with E-state index < -0.39 is 96.7 Å². The smallest absolute Gasteiger partial charge is 0.305 e. The lowest BCUT2D eigenvalue weighted by atomic mass is 10.0. The number of unbranched alkanes of at least 4 members (excludes halogenated alkanes) is 1. The summed E-state index contributed by atoms with van der Waals surface area (Å²) in [6.07, 6.45) is 1.07. The lowest BCUT2D eigenvalue weighted by Crippen LogP contribution is -2.58. The molecule has 0 aliphatic heterocycles. The third-order valence-corrected chi connectivity index (χ3v) is 10.7. The van der Waals surface area contributed by atoms with Gasteiger partial charge in [0.15, 0.2) is 0 Å². The number of nitrogens with one attached hydrogen (secondary N) is 7. The molecule has 0 bridgehead atoms. The number of amides is 7. The first-order valence-electron chi connectivity index (χ1n) is 22.6. The second kappa shape index (κ2) is 28.6. The fourth-order valence-corrected chi connectivity index (χ4v) is 7.18. The molecule has 6 atom stereocenters. The predicted octanol–water partition coefficient (Wildman–Crippen LogP) is 0.565. The second-order valence-corrected chi connectivity index (χ2v) is 16.5. The van der Waals surface area contributed by atoms with E-state index in [2.05, 4.69) is 37.2 Å². The summed E-state index contributed by atoms with van der Waals surface area (Å²) in [6, 6.07) is 29.3. The first kappa shape index (κ1) is 53.2. The van der Waals surface area contributed by atoms with Crippen molar-refractivity contribution in [1.29, 1.82) is 0 Å². The summed E-state index contributed by atoms with van der Waals surface area (Å²) >= 11 is 0. The summed E-state index contributed by atoms with van der Waals surface area (Å²) in [5.41, 5.74) is 14.8. The average molecular weight is 934 g/mol. The monoisotopic (exact) mass is 933 g/mol. The van der Waals surface area contributed by atoms with Crippen LogP contribution >= 0.6 is 0 Å². The van der Waals surface area contributed by atoms with Crippen LogP contribution in [0.25, 0.3) is 0 Å². The fraction of sp³-hybridized carbons (Fsp3) is 0.360. The molecule has 0 heterocycles. The minimum absolute atomic E-state index is 0.00256. The highest BCUT2D eigenvalue weighted by Gasteiger charge is 2.31. The van der Waals surface area contributed by atoms with E-state index in [0.29, 0.717) is 30.5 Å². The van der Waals surface area contributed by atoms with Gasteiger partial charge in [-0.1, -0.05) is 121 Å². The molecule has 362 valence electrons. The Hall–Kier alpha value is -7.44. The Morgan fingerprint density at radius 1 is 0.471 bits per heavy atom. The van der Waals surface area contributed by atoms with Gasteiger partial charge in [-0.3, -0.25) is 38.4 Å². The molecule has 12 N–H and O–H groups in total. The Kier molecular flexibility index (Phi) is 22.3. The molecule has 0 aliphatic carbocycles. The van der Waals surface area contributed by atoms with Crippen molar-refractivity contribution in [2.45, 2.75) is 94.5 Å². The standard InChI is InChI=1S/C50H63N9O9/c1-33(26-45(62)63)55-49(67)41(29-36-20-10-4-11-21-36)56-44(61)32-54-47(65)40(28-35-18-8-3-9-19-35)59-48(66)39(24-14-15-25-51)58-50(68)42(30-37-22-12-5-13-23-37)57-43(60)31-53-46(64)38(52)27-34-16-6-2-7-17-34/h2-13,16-23,33,38-42H,14-15,24-32,51-52H2,1H3,(H,53,64)(H,54,65)(H,55,67)(H,56,61)(H,57,60)(H,58,68)(H,59,66)(H,62,63)/t33-,38?,39+,40?,41?,42?/m1/s1. The van der Waals surface area contributed by atoms with Crippen LogP contribution in [0.3, 0.4) is 0 Å². The lowest BCUT2D eigenvalue weighted by Gasteiger charge is -2.26. The highest BCUT2D eigenvalue weighted by Crippen LogP contribution is 2.10. The molecule has 4 rings (SSSR count). The normalized spacial score (nSPS) is 13.5. The molecule has 18 heteroatoms. The number of benzene rings is 4. The maximum Gasteiger partial charge on any atom is 0.305 e. The van der Waals surface area contributed by atoms with E-state index in [-0.39, 0.29) is 38.5 Å². The van der Waals surface area contributed by atoms with Gasteiger partial charge in [-0.15, -0.1) is 0 Å². The molecule has 4 aromatic rings. The first-order chi connectivity index (χ1) is 32.7. The third kappa shape index (κ3) is 19.6. The van der Waals surface area contributed by atoms with Crippen LogP contribution in [-0.2, 0) is 64.0 Å². The topological polar surface area (TPSA) is 293 Å². The van der Waals surface area contributed by atoms with Crippen LogP contribution in [0.15, 0.2) is 121 Å². The van der Waals surface area contributed by atoms with Gasteiger partial charge < -0.3 is 53.8 Å². The molecule has 68 heavy (non-hydrogen) atoms. The zero-order valence-electron chi connectivity index (χ0n) is 38.2. The Balaban J connectivity index is 1.47. The summed E-state index contributed by atoms with van der Waals surface area (Å²) in [5, 5.41) is 27.7. The van der Waals surface area contributed by atoms with E-state index >= 15 is 0 Å². The fourth-order valence-electron chi connectivity index (χ4n) is 7.18. The van der Waals surface area contributed by atoms with Gasteiger partial charge >= 0.3 is 5.97 Å². The molecule has 0 saturated carbocycles. The molecule has 0 saturated heterocycles. The van der Waals surface area contributed by atoms with Crippen molar-refractivity contribution in [2.75, 3.05) is 19.6 Å². The zero-order valence-corrected chi connectivity index (χ0v) is 38.2. The van der Waals surface area contributed by atoms with Crippen molar-refractivity contribution in [1.82, 2.24) is 37.2 Å². The highest BCUT2D eigenvalue weighted by molar-refractivity contribution is 5.96. The Labute approximate surface area is 396 Å². The van der Waals surface area contributed by atoms with Crippen molar-refractivity contribution < 1.29 is 43.5 Å². The predicted molar refractivity (Wildman–Crippen MR) is 255 cm³/mol.